The molecule has 0 aliphatic carbocycles. The standard InChI is InChI=1S/C24H26N2O5S/c1-16(2)26(4)32(29,30)22-11-7-10-20(15-22)24(28)31-17(3)23(27)25-21-13-12-18-8-5-6-9-19(18)14-21/h5-17H,1-4H3,(H,25,27). The summed E-state index contributed by atoms with van der Waals surface area (Å²) in [7, 11) is -2.28. The molecule has 0 heterocycles. The molecular formula is C24H26N2O5S. The summed E-state index contributed by atoms with van der Waals surface area (Å²) in [6.45, 7) is 4.97. The van der Waals surface area contributed by atoms with Gasteiger partial charge in [0.1, 0.15) is 0 Å². The van der Waals surface area contributed by atoms with E-state index in [1.165, 1.54) is 42.5 Å². The van der Waals surface area contributed by atoms with Crippen molar-refractivity contribution in [2.75, 3.05) is 12.4 Å². The van der Waals surface area contributed by atoms with Gasteiger partial charge in [-0.25, -0.2) is 13.2 Å². The molecule has 0 saturated carbocycles. The molecule has 1 N–H and O–H groups in total. The molecule has 8 heteroatoms. The van der Waals surface area contributed by atoms with Gasteiger partial charge in [0.25, 0.3) is 5.91 Å². The van der Waals surface area contributed by atoms with E-state index in [-0.39, 0.29) is 16.5 Å². The predicted molar refractivity (Wildman–Crippen MR) is 124 cm³/mol. The molecule has 0 aromatic heterocycles. The van der Waals surface area contributed by atoms with E-state index in [0.717, 1.165) is 10.8 Å². The molecule has 3 aromatic carbocycles. The molecule has 32 heavy (non-hydrogen) atoms. The van der Waals surface area contributed by atoms with E-state index in [1.807, 2.05) is 36.4 Å². The number of carbonyl (C=O) groups excluding carboxylic acids is 2. The van der Waals surface area contributed by atoms with Gasteiger partial charge in [0.15, 0.2) is 6.10 Å². The quantitative estimate of drug-likeness (QED) is 0.544. The van der Waals surface area contributed by atoms with Crippen molar-refractivity contribution in [2.45, 2.75) is 37.8 Å². The van der Waals surface area contributed by atoms with Crippen molar-refractivity contribution in [3.05, 3.63) is 72.3 Å². The molecule has 1 atom stereocenters. The van der Waals surface area contributed by atoms with Crippen molar-refractivity contribution >= 4 is 38.4 Å². The molecule has 0 spiro atoms. The Kier molecular flexibility index (Phi) is 6.96. The SMILES string of the molecule is CC(OC(=O)c1cccc(S(=O)(=O)N(C)C(C)C)c1)C(=O)Nc1ccc2ccccc2c1. The first kappa shape index (κ1) is 23.4. The zero-order valence-electron chi connectivity index (χ0n) is 18.4. The molecular weight excluding hydrogens is 428 g/mol. The lowest BCUT2D eigenvalue weighted by molar-refractivity contribution is -0.123. The van der Waals surface area contributed by atoms with Crippen LogP contribution in [0.2, 0.25) is 0 Å². The van der Waals surface area contributed by atoms with Crippen molar-refractivity contribution in [3.8, 4) is 0 Å². The van der Waals surface area contributed by atoms with Gasteiger partial charge in [0.05, 0.1) is 10.5 Å². The van der Waals surface area contributed by atoms with Gasteiger partial charge in [0.2, 0.25) is 10.0 Å². The monoisotopic (exact) mass is 454 g/mol. The molecule has 168 valence electrons. The maximum atomic E-state index is 12.7. The number of anilines is 1. The Morgan fingerprint density at radius 1 is 0.906 bits per heavy atom. The van der Waals surface area contributed by atoms with Gasteiger partial charge in [-0.3, -0.25) is 4.79 Å². The molecule has 3 aromatic rings. The number of nitrogens with one attached hydrogen (secondary N) is 1. The topological polar surface area (TPSA) is 92.8 Å². The number of nitrogens with zero attached hydrogens (tertiary/aromatic N) is 1. The first-order chi connectivity index (χ1) is 15.1. The summed E-state index contributed by atoms with van der Waals surface area (Å²) in [6.07, 6.45) is -1.08. The second kappa shape index (κ2) is 9.50. The zero-order chi connectivity index (χ0) is 23.5. The average Bonchev–Trinajstić information content (AvgIpc) is 2.78. The van der Waals surface area contributed by atoms with Crippen LogP contribution in [0.3, 0.4) is 0 Å². The van der Waals surface area contributed by atoms with Gasteiger partial charge < -0.3 is 10.1 Å². The highest BCUT2D eigenvalue weighted by Crippen LogP contribution is 2.20. The maximum Gasteiger partial charge on any atom is 0.338 e. The van der Waals surface area contributed by atoms with Crippen LogP contribution in [0.4, 0.5) is 5.69 Å². The Morgan fingerprint density at radius 3 is 2.28 bits per heavy atom. The summed E-state index contributed by atoms with van der Waals surface area (Å²) >= 11 is 0. The van der Waals surface area contributed by atoms with Crippen molar-refractivity contribution in [1.82, 2.24) is 4.31 Å². The van der Waals surface area contributed by atoms with Gasteiger partial charge in [-0.15, -0.1) is 0 Å². The van der Waals surface area contributed by atoms with E-state index < -0.39 is 28.0 Å². The number of ether oxygens (including phenoxy) is 1. The minimum atomic E-state index is -3.75. The van der Waals surface area contributed by atoms with Crippen LogP contribution in [-0.2, 0) is 19.6 Å². The molecule has 1 amide bonds. The van der Waals surface area contributed by atoms with Crippen LogP contribution in [-0.4, -0.2) is 43.8 Å². The summed E-state index contributed by atoms with van der Waals surface area (Å²) in [6, 6.07) is 18.6. The van der Waals surface area contributed by atoms with Crippen LogP contribution in [0.5, 0.6) is 0 Å². The first-order valence-electron chi connectivity index (χ1n) is 10.2. The number of esters is 1. The van der Waals surface area contributed by atoms with Crippen molar-refractivity contribution < 1.29 is 22.7 Å². The summed E-state index contributed by atoms with van der Waals surface area (Å²) in [5.74, 6) is -1.27. The third kappa shape index (κ3) is 5.15. The Balaban J connectivity index is 1.70. The van der Waals surface area contributed by atoms with Crippen LogP contribution >= 0.6 is 0 Å². The van der Waals surface area contributed by atoms with Gasteiger partial charge in [-0.05, 0) is 61.9 Å². The maximum absolute atomic E-state index is 12.7. The van der Waals surface area contributed by atoms with Crippen LogP contribution in [0.15, 0.2) is 71.6 Å². The smallest absolute Gasteiger partial charge is 0.338 e. The summed E-state index contributed by atoms with van der Waals surface area (Å²) < 4.78 is 31.9. The fraction of sp³-hybridized carbons (Fsp3) is 0.250. The van der Waals surface area contributed by atoms with Crippen LogP contribution in [0.1, 0.15) is 31.1 Å². The molecule has 3 rings (SSSR count). The highest BCUT2D eigenvalue weighted by Gasteiger charge is 2.25. The lowest BCUT2D eigenvalue weighted by Gasteiger charge is -2.21. The normalized spacial score (nSPS) is 12.7. The molecule has 1 unspecified atom stereocenters. The van der Waals surface area contributed by atoms with E-state index in [2.05, 4.69) is 5.32 Å². The number of hydrogen-bond acceptors (Lipinski definition) is 5. The second-order valence-electron chi connectivity index (χ2n) is 7.74. The molecule has 7 nitrogen and oxygen atoms in total. The summed E-state index contributed by atoms with van der Waals surface area (Å²) in [4.78, 5) is 25.1. The third-order valence-electron chi connectivity index (χ3n) is 5.14. The van der Waals surface area contributed by atoms with Gasteiger partial charge in [0, 0.05) is 18.8 Å². The fourth-order valence-corrected chi connectivity index (χ4v) is 4.43. The number of benzene rings is 3. The Labute approximate surface area is 188 Å². The number of hydrogen-bond donors (Lipinski definition) is 1. The largest absolute Gasteiger partial charge is 0.449 e. The summed E-state index contributed by atoms with van der Waals surface area (Å²) in [5, 5.41) is 4.75. The molecule has 0 aliphatic heterocycles. The fourth-order valence-electron chi connectivity index (χ4n) is 3.02. The lowest BCUT2D eigenvalue weighted by atomic mass is 10.1. The molecule has 0 radical (unpaired) electrons. The highest BCUT2D eigenvalue weighted by molar-refractivity contribution is 7.89. The van der Waals surface area contributed by atoms with Gasteiger partial charge in [-0.2, -0.15) is 4.31 Å². The zero-order valence-corrected chi connectivity index (χ0v) is 19.2. The molecule has 0 aliphatic rings. The number of fused-ring (bicyclic) bond motifs is 1. The Morgan fingerprint density at radius 2 is 1.59 bits per heavy atom. The molecule has 0 bridgehead atoms. The van der Waals surface area contributed by atoms with E-state index in [0.29, 0.717) is 5.69 Å². The van der Waals surface area contributed by atoms with Crippen LogP contribution in [0.25, 0.3) is 10.8 Å². The Bertz CT molecular complexity index is 1250. The van der Waals surface area contributed by atoms with Crippen LogP contribution in [0, 0.1) is 0 Å². The van der Waals surface area contributed by atoms with Crippen molar-refractivity contribution in [3.63, 3.8) is 0 Å². The van der Waals surface area contributed by atoms with E-state index in [1.54, 1.807) is 19.9 Å². The van der Waals surface area contributed by atoms with E-state index in [9.17, 15) is 18.0 Å². The van der Waals surface area contributed by atoms with E-state index >= 15 is 0 Å². The number of amides is 1. The average molecular weight is 455 g/mol. The van der Waals surface area contributed by atoms with Crippen molar-refractivity contribution in [2.24, 2.45) is 0 Å². The minimum absolute atomic E-state index is 0.0172. The summed E-state index contributed by atoms with van der Waals surface area (Å²) in [5.41, 5.74) is 0.634. The number of rotatable bonds is 7. The number of carbonyl (C=O) groups is 2. The predicted octanol–water partition coefficient (Wildman–Crippen LogP) is 4.05. The first-order valence-corrected chi connectivity index (χ1v) is 11.6. The van der Waals surface area contributed by atoms with Crippen molar-refractivity contribution in [1.29, 1.82) is 0 Å². The van der Waals surface area contributed by atoms with E-state index in [4.69, 9.17) is 4.74 Å². The molecule has 0 saturated heterocycles. The minimum Gasteiger partial charge on any atom is -0.449 e. The Hall–Kier alpha value is -3.23. The molecule has 0 fully saturated rings. The highest BCUT2D eigenvalue weighted by atomic mass is 32.2. The third-order valence-corrected chi connectivity index (χ3v) is 7.17. The lowest BCUT2D eigenvalue weighted by Crippen LogP contribution is -2.33. The van der Waals surface area contributed by atoms with Gasteiger partial charge in [-0.1, -0.05) is 36.4 Å². The van der Waals surface area contributed by atoms with Crippen LogP contribution < -0.4 is 5.32 Å². The second-order valence-corrected chi connectivity index (χ2v) is 9.74. The number of sulfonamides is 1. The van der Waals surface area contributed by atoms with Gasteiger partial charge >= 0.3 is 5.97 Å².